The number of carbonyl (C=O) groups excluding carboxylic acids is 1. The Morgan fingerprint density at radius 2 is 1.38 bits per heavy atom. The first kappa shape index (κ1) is 11.9. The van der Waals surface area contributed by atoms with Crippen LogP contribution in [-0.4, -0.2) is 55.6 Å². The summed E-state index contributed by atoms with van der Waals surface area (Å²) in [6, 6.07) is 0.140. The number of urea groups is 1. The summed E-state index contributed by atoms with van der Waals surface area (Å²) < 4.78 is 25.3. The van der Waals surface area contributed by atoms with Crippen molar-refractivity contribution in [3.05, 3.63) is 0 Å². The van der Waals surface area contributed by atoms with Gasteiger partial charge in [-0.3, -0.25) is 0 Å². The van der Waals surface area contributed by atoms with E-state index in [1.54, 1.807) is 9.80 Å². The molecule has 0 saturated carbocycles. The molecular formula is C6H12N2O4S. The lowest BCUT2D eigenvalue weighted by Gasteiger charge is -2.30. The predicted molar refractivity (Wildman–Crippen MR) is 45.0 cm³/mol. The Morgan fingerprint density at radius 1 is 1.08 bits per heavy atom. The second kappa shape index (κ2) is 5.52. The van der Waals surface area contributed by atoms with Crippen LogP contribution in [0.5, 0.6) is 0 Å². The number of hydrogen-bond acceptors (Lipinski definition) is 4. The fraction of sp³-hybridized carbons (Fsp3) is 0.833. The third-order valence-electron chi connectivity index (χ3n) is 1.64. The third-order valence-corrected chi connectivity index (χ3v) is 1.64. The maximum absolute atomic E-state index is 11.0. The normalized spacial score (nSPS) is 16.3. The molecule has 0 radical (unpaired) electrons. The fourth-order valence-corrected chi connectivity index (χ4v) is 1.03. The molecule has 1 aliphatic heterocycles. The summed E-state index contributed by atoms with van der Waals surface area (Å²) in [5, 5.41) is 0. The molecule has 1 saturated heterocycles. The first-order chi connectivity index (χ1) is 5.95. The van der Waals surface area contributed by atoms with Gasteiger partial charge in [0.2, 0.25) is 0 Å². The van der Waals surface area contributed by atoms with Gasteiger partial charge in [0.15, 0.2) is 0 Å². The van der Waals surface area contributed by atoms with Gasteiger partial charge >= 0.3 is 16.6 Å². The summed E-state index contributed by atoms with van der Waals surface area (Å²) in [4.78, 5) is 14.5. The number of hydrogen-bond donors (Lipinski definition) is 0. The minimum atomic E-state index is -3.11. The lowest BCUT2D eigenvalue weighted by Crippen LogP contribution is -2.44. The maximum atomic E-state index is 11.0. The lowest BCUT2D eigenvalue weighted by molar-refractivity contribution is 0.153. The summed E-state index contributed by atoms with van der Waals surface area (Å²) in [6.45, 7) is 1.81. The van der Waals surface area contributed by atoms with Crippen LogP contribution in [0.15, 0.2) is 0 Å². The molecule has 1 aliphatic rings. The van der Waals surface area contributed by atoms with Crippen molar-refractivity contribution in [1.82, 2.24) is 9.80 Å². The molecule has 76 valence electrons. The van der Waals surface area contributed by atoms with E-state index in [2.05, 4.69) is 0 Å². The molecule has 0 N–H and O–H groups in total. The van der Waals surface area contributed by atoms with Gasteiger partial charge < -0.3 is 9.80 Å². The minimum Gasteiger partial charge on any atom is -0.328 e. The van der Waals surface area contributed by atoms with Crippen LogP contribution in [0.3, 0.4) is 0 Å². The van der Waals surface area contributed by atoms with Gasteiger partial charge in [-0.25, -0.2) is 4.79 Å². The molecule has 1 rings (SSSR count). The molecule has 0 aromatic carbocycles. The van der Waals surface area contributed by atoms with Crippen molar-refractivity contribution < 1.29 is 17.4 Å². The van der Waals surface area contributed by atoms with E-state index in [1.165, 1.54) is 0 Å². The predicted octanol–water partition coefficient (Wildman–Crippen LogP) is -0.630. The van der Waals surface area contributed by atoms with Crippen LogP contribution in [0.1, 0.15) is 6.42 Å². The van der Waals surface area contributed by atoms with Gasteiger partial charge in [0.1, 0.15) is 0 Å². The Bertz CT molecular complexity index is 253. The average molecular weight is 208 g/mol. The van der Waals surface area contributed by atoms with Crippen molar-refractivity contribution in [2.75, 3.05) is 27.2 Å². The van der Waals surface area contributed by atoms with Gasteiger partial charge in [-0.2, -0.15) is 0 Å². The summed E-state index contributed by atoms with van der Waals surface area (Å²) in [6.07, 6.45) is 1.10. The van der Waals surface area contributed by atoms with Gasteiger partial charge in [0, 0.05) is 27.2 Å². The SMILES string of the molecule is CN1CCCN(C)C1=O.O=S(=O)=O. The van der Waals surface area contributed by atoms with Gasteiger partial charge in [0.25, 0.3) is 0 Å². The van der Waals surface area contributed by atoms with E-state index in [0.29, 0.717) is 0 Å². The number of amides is 2. The quantitative estimate of drug-likeness (QED) is 0.531. The molecule has 1 fully saturated rings. The van der Waals surface area contributed by atoms with Crippen LogP contribution in [0, 0.1) is 0 Å². The van der Waals surface area contributed by atoms with Crippen molar-refractivity contribution >= 4 is 16.6 Å². The first-order valence-corrected chi connectivity index (χ1v) is 4.68. The minimum absolute atomic E-state index is 0.140. The van der Waals surface area contributed by atoms with E-state index >= 15 is 0 Å². The zero-order valence-corrected chi connectivity index (χ0v) is 8.37. The third kappa shape index (κ3) is 5.18. The Labute approximate surface area is 78.2 Å². The van der Waals surface area contributed by atoms with Crippen molar-refractivity contribution in [1.29, 1.82) is 0 Å². The number of rotatable bonds is 0. The molecule has 0 spiro atoms. The molecule has 1 heterocycles. The smallest absolute Gasteiger partial charge is 0.328 e. The monoisotopic (exact) mass is 208 g/mol. The number of carbonyl (C=O) groups is 1. The molecule has 13 heavy (non-hydrogen) atoms. The highest BCUT2D eigenvalue weighted by Gasteiger charge is 2.17. The Kier molecular flexibility index (Phi) is 5.05. The largest absolute Gasteiger partial charge is 0.425 e. The second-order valence-electron chi connectivity index (χ2n) is 2.68. The molecule has 0 aromatic heterocycles. The van der Waals surface area contributed by atoms with E-state index in [0.717, 1.165) is 19.5 Å². The van der Waals surface area contributed by atoms with Crippen molar-refractivity contribution in [2.24, 2.45) is 0 Å². The van der Waals surface area contributed by atoms with E-state index in [9.17, 15) is 4.79 Å². The molecule has 2 amide bonds. The lowest BCUT2D eigenvalue weighted by atomic mass is 10.3. The summed E-state index contributed by atoms with van der Waals surface area (Å²) >= 11 is 0. The van der Waals surface area contributed by atoms with Crippen LogP contribution in [-0.2, 0) is 10.6 Å². The van der Waals surface area contributed by atoms with Crippen LogP contribution >= 0.6 is 0 Å². The average Bonchev–Trinajstić information content (AvgIpc) is 1.99. The highest BCUT2D eigenvalue weighted by molar-refractivity contribution is 7.59. The first-order valence-electron chi connectivity index (χ1n) is 3.68. The molecule has 0 unspecified atom stereocenters. The van der Waals surface area contributed by atoms with Crippen LogP contribution in [0.4, 0.5) is 4.79 Å². The molecule has 0 bridgehead atoms. The zero-order valence-electron chi connectivity index (χ0n) is 7.56. The Hall–Kier alpha value is -1.11. The van der Waals surface area contributed by atoms with Crippen LogP contribution in [0.2, 0.25) is 0 Å². The zero-order chi connectivity index (χ0) is 10.4. The Morgan fingerprint density at radius 3 is 1.62 bits per heavy atom. The standard InChI is InChI=1S/C6H12N2O.O3S/c1-7-4-3-5-8(2)6(7)9;1-4(2)3/h3-5H2,1-2H3;. The fourth-order valence-electron chi connectivity index (χ4n) is 1.03. The molecule has 0 aliphatic carbocycles. The van der Waals surface area contributed by atoms with E-state index < -0.39 is 10.6 Å². The Balaban J connectivity index is 0.000000310. The maximum Gasteiger partial charge on any atom is 0.425 e. The summed E-state index contributed by atoms with van der Waals surface area (Å²) in [5.41, 5.74) is 0. The van der Waals surface area contributed by atoms with Crippen LogP contribution in [0.25, 0.3) is 0 Å². The molecule has 7 heteroatoms. The van der Waals surface area contributed by atoms with E-state index in [-0.39, 0.29) is 6.03 Å². The van der Waals surface area contributed by atoms with Gasteiger partial charge in [0.05, 0.1) is 0 Å². The number of nitrogens with zero attached hydrogens (tertiary/aromatic N) is 2. The molecule has 0 atom stereocenters. The molecular weight excluding hydrogens is 196 g/mol. The highest BCUT2D eigenvalue weighted by atomic mass is 32.2. The van der Waals surface area contributed by atoms with Crippen LogP contribution < -0.4 is 0 Å². The van der Waals surface area contributed by atoms with Gasteiger partial charge in [-0.1, -0.05) is 0 Å². The van der Waals surface area contributed by atoms with Crippen molar-refractivity contribution in [3.63, 3.8) is 0 Å². The topological polar surface area (TPSA) is 74.8 Å². The summed E-state index contributed by atoms with van der Waals surface area (Å²) in [7, 11) is 0.552. The van der Waals surface area contributed by atoms with Gasteiger partial charge in [-0.15, -0.1) is 12.6 Å². The van der Waals surface area contributed by atoms with Gasteiger partial charge in [-0.05, 0) is 6.42 Å². The van der Waals surface area contributed by atoms with E-state index in [4.69, 9.17) is 12.6 Å². The van der Waals surface area contributed by atoms with Crippen molar-refractivity contribution in [3.8, 4) is 0 Å². The van der Waals surface area contributed by atoms with Crippen molar-refractivity contribution in [2.45, 2.75) is 6.42 Å². The van der Waals surface area contributed by atoms with E-state index in [1.807, 2.05) is 14.1 Å². The molecule has 0 aromatic rings. The second-order valence-corrected chi connectivity index (χ2v) is 3.09. The molecule has 6 nitrogen and oxygen atoms in total. The highest BCUT2D eigenvalue weighted by Crippen LogP contribution is 2.02. The summed E-state index contributed by atoms with van der Waals surface area (Å²) in [5.74, 6) is 0.